The summed E-state index contributed by atoms with van der Waals surface area (Å²) in [5.41, 5.74) is 0. The highest BCUT2D eigenvalue weighted by Gasteiger charge is 2.42. The maximum Gasteiger partial charge on any atom is 0.332 e. The summed E-state index contributed by atoms with van der Waals surface area (Å²) in [4.78, 5) is 37.2. The van der Waals surface area contributed by atoms with Gasteiger partial charge in [-0.3, -0.25) is 9.59 Å². The number of nitrogens with one attached hydrogen (secondary N) is 1. The number of aliphatic carboxylic acids is 1. The number of thioether (sulfide) groups is 1. The molecule has 8 heteroatoms. The molecule has 2 aliphatic heterocycles. The fraction of sp³-hybridized carbons (Fsp3) is 0.800. The van der Waals surface area contributed by atoms with E-state index in [0.717, 1.165) is 6.42 Å². The van der Waals surface area contributed by atoms with E-state index >= 15 is 0 Å². The Morgan fingerprint density at radius 2 is 2.00 bits per heavy atom. The Morgan fingerprint density at radius 3 is 2.61 bits per heavy atom. The zero-order valence-electron chi connectivity index (χ0n) is 13.5. The Kier molecular flexibility index (Phi) is 6.29. The minimum atomic E-state index is -1.04. The number of ether oxygens (including phenoxy) is 1. The number of carbonyl (C=O) groups excluding carboxylic acids is 2. The van der Waals surface area contributed by atoms with Gasteiger partial charge in [-0.05, 0) is 25.2 Å². The number of hydrogen-bond donors (Lipinski definition) is 2. The van der Waals surface area contributed by atoms with Crippen LogP contribution in [0, 0.1) is 5.92 Å². The summed E-state index contributed by atoms with van der Waals surface area (Å²) >= 11 is 1.52. The van der Waals surface area contributed by atoms with E-state index in [9.17, 15) is 14.4 Å². The van der Waals surface area contributed by atoms with E-state index in [2.05, 4.69) is 19.2 Å². The van der Waals surface area contributed by atoms with E-state index in [1.165, 1.54) is 16.7 Å². The lowest BCUT2D eigenvalue weighted by atomic mass is 10.1. The zero-order valence-corrected chi connectivity index (χ0v) is 14.3. The van der Waals surface area contributed by atoms with Gasteiger partial charge in [0, 0.05) is 12.3 Å². The third-order valence-electron chi connectivity index (χ3n) is 4.06. The van der Waals surface area contributed by atoms with Crippen molar-refractivity contribution in [2.45, 2.75) is 51.4 Å². The molecule has 2 fully saturated rings. The molecule has 23 heavy (non-hydrogen) atoms. The van der Waals surface area contributed by atoms with E-state index in [-0.39, 0.29) is 11.8 Å². The third-order valence-corrected chi connectivity index (χ3v) is 5.07. The molecule has 2 N–H and O–H groups in total. The van der Waals surface area contributed by atoms with Crippen molar-refractivity contribution < 1.29 is 24.2 Å². The smallest absolute Gasteiger partial charge is 0.332 e. The second kappa shape index (κ2) is 8.01. The number of rotatable bonds is 6. The number of hydrogen-bond acceptors (Lipinski definition) is 5. The van der Waals surface area contributed by atoms with Crippen LogP contribution in [-0.4, -0.2) is 64.2 Å². The molecular formula is C15H24N2O5S. The Balaban J connectivity index is 1.89. The van der Waals surface area contributed by atoms with E-state index in [1.807, 2.05) is 0 Å². The molecule has 0 aliphatic carbocycles. The predicted molar refractivity (Wildman–Crippen MR) is 86.0 cm³/mol. The average Bonchev–Trinajstić information content (AvgIpc) is 3.15. The summed E-state index contributed by atoms with van der Waals surface area (Å²) in [5.74, 6) is 0.0528. The lowest BCUT2D eigenvalue weighted by Crippen LogP contribution is -2.50. The van der Waals surface area contributed by atoms with Crippen LogP contribution in [0.3, 0.4) is 0 Å². The van der Waals surface area contributed by atoms with Crippen LogP contribution >= 0.6 is 11.8 Å². The minimum absolute atomic E-state index is 0.142. The van der Waals surface area contributed by atoms with Crippen LogP contribution in [0.4, 0.5) is 0 Å². The van der Waals surface area contributed by atoms with E-state index < -0.39 is 24.2 Å². The van der Waals surface area contributed by atoms with Crippen LogP contribution in [0.1, 0.15) is 33.1 Å². The van der Waals surface area contributed by atoms with Gasteiger partial charge in [0.25, 0.3) is 5.91 Å². The van der Waals surface area contributed by atoms with E-state index in [1.54, 1.807) is 0 Å². The third kappa shape index (κ3) is 4.60. The lowest BCUT2D eigenvalue weighted by Gasteiger charge is -2.25. The maximum atomic E-state index is 12.5. The van der Waals surface area contributed by atoms with Gasteiger partial charge in [-0.2, -0.15) is 0 Å². The molecule has 2 amide bonds. The molecule has 2 aliphatic rings. The first-order chi connectivity index (χ1) is 10.9. The number of carboxylic acid groups (broad SMARTS) is 1. The number of carboxylic acids is 1. The number of amides is 2. The fourth-order valence-corrected chi connectivity index (χ4v) is 3.83. The Hall–Kier alpha value is -1.28. The molecular weight excluding hydrogens is 320 g/mol. The summed E-state index contributed by atoms with van der Waals surface area (Å²) in [7, 11) is 0. The fourth-order valence-electron chi connectivity index (χ4n) is 2.66. The first kappa shape index (κ1) is 18.1. The molecule has 2 rings (SSSR count). The van der Waals surface area contributed by atoms with Crippen molar-refractivity contribution in [3.63, 3.8) is 0 Å². The molecule has 0 aromatic rings. The summed E-state index contributed by atoms with van der Waals surface area (Å²) in [6.45, 7) is 4.77. The van der Waals surface area contributed by atoms with Crippen LogP contribution in [0.5, 0.6) is 0 Å². The first-order valence-electron chi connectivity index (χ1n) is 7.94. The summed E-state index contributed by atoms with van der Waals surface area (Å²) in [6, 6.07) is -0.493. The molecule has 0 radical (unpaired) electrons. The van der Waals surface area contributed by atoms with Gasteiger partial charge in [0.1, 0.15) is 12.1 Å². The van der Waals surface area contributed by atoms with Crippen LogP contribution in [0.25, 0.3) is 0 Å². The second-order valence-corrected chi connectivity index (χ2v) is 7.33. The molecule has 2 saturated heterocycles. The highest BCUT2D eigenvalue weighted by molar-refractivity contribution is 7.99. The molecule has 3 atom stereocenters. The largest absolute Gasteiger partial charge is 0.479 e. The van der Waals surface area contributed by atoms with Crippen molar-refractivity contribution in [1.29, 1.82) is 0 Å². The molecule has 0 aromatic heterocycles. The van der Waals surface area contributed by atoms with Crippen molar-refractivity contribution in [3.05, 3.63) is 0 Å². The van der Waals surface area contributed by atoms with Crippen LogP contribution in [-0.2, 0) is 19.1 Å². The second-order valence-electron chi connectivity index (χ2n) is 6.33. The molecule has 130 valence electrons. The van der Waals surface area contributed by atoms with E-state index in [0.29, 0.717) is 36.9 Å². The molecule has 0 aromatic carbocycles. The zero-order chi connectivity index (χ0) is 17.0. The summed E-state index contributed by atoms with van der Waals surface area (Å²) in [6.07, 6.45) is -0.0550. The number of nitrogens with zero attached hydrogens (tertiary/aromatic N) is 1. The summed E-state index contributed by atoms with van der Waals surface area (Å²) in [5, 5.41) is 11.8. The van der Waals surface area contributed by atoms with Gasteiger partial charge in [0.05, 0.1) is 5.88 Å². The molecule has 0 saturated carbocycles. The highest BCUT2D eigenvalue weighted by atomic mass is 32.2. The molecule has 0 bridgehead atoms. The van der Waals surface area contributed by atoms with Gasteiger partial charge in [0.2, 0.25) is 5.91 Å². The molecule has 0 spiro atoms. The van der Waals surface area contributed by atoms with Crippen molar-refractivity contribution in [2.24, 2.45) is 5.92 Å². The van der Waals surface area contributed by atoms with Crippen molar-refractivity contribution in [3.8, 4) is 0 Å². The van der Waals surface area contributed by atoms with E-state index in [4.69, 9.17) is 9.84 Å². The van der Waals surface area contributed by atoms with Gasteiger partial charge in [0.15, 0.2) is 6.10 Å². The predicted octanol–water partition coefficient (Wildman–Crippen LogP) is 0.682. The minimum Gasteiger partial charge on any atom is -0.479 e. The summed E-state index contributed by atoms with van der Waals surface area (Å²) < 4.78 is 5.31. The topological polar surface area (TPSA) is 95.9 Å². The SMILES string of the molecule is CC(C)CCNC(=O)C1CSCN1C(=O)[C@@H]1CC[C@H](C(=O)O)O1. The Bertz CT molecular complexity index is 471. The Labute approximate surface area is 140 Å². The van der Waals surface area contributed by atoms with Crippen LogP contribution < -0.4 is 5.32 Å². The van der Waals surface area contributed by atoms with Crippen LogP contribution in [0.2, 0.25) is 0 Å². The van der Waals surface area contributed by atoms with Gasteiger partial charge in [-0.15, -0.1) is 11.8 Å². The van der Waals surface area contributed by atoms with Gasteiger partial charge >= 0.3 is 5.97 Å². The van der Waals surface area contributed by atoms with Gasteiger partial charge < -0.3 is 20.1 Å². The molecule has 2 heterocycles. The normalized spacial score (nSPS) is 27.4. The average molecular weight is 344 g/mol. The van der Waals surface area contributed by atoms with Crippen molar-refractivity contribution >= 4 is 29.5 Å². The molecule has 1 unspecified atom stereocenters. The van der Waals surface area contributed by atoms with Crippen LogP contribution in [0.15, 0.2) is 0 Å². The quantitative estimate of drug-likeness (QED) is 0.736. The standard InChI is InChI=1S/C15H24N2O5S/c1-9(2)5-6-16-13(18)10-7-23-8-17(10)14(19)11-3-4-12(22-11)15(20)21/h9-12H,3-8H2,1-2H3,(H,16,18)(H,20,21)/t10?,11-,12+/m0/s1. The van der Waals surface area contributed by atoms with Crippen molar-refractivity contribution in [1.82, 2.24) is 10.2 Å². The highest BCUT2D eigenvalue weighted by Crippen LogP contribution is 2.27. The Morgan fingerprint density at radius 1 is 1.30 bits per heavy atom. The maximum absolute atomic E-state index is 12.5. The number of carbonyl (C=O) groups is 3. The van der Waals surface area contributed by atoms with Crippen molar-refractivity contribution in [2.75, 3.05) is 18.2 Å². The lowest BCUT2D eigenvalue weighted by molar-refractivity contribution is -0.156. The first-order valence-corrected chi connectivity index (χ1v) is 9.09. The van der Waals surface area contributed by atoms with Gasteiger partial charge in [-0.1, -0.05) is 13.8 Å². The molecule has 7 nitrogen and oxygen atoms in total. The van der Waals surface area contributed by atoms with Gasteiger partial charge in [-0.25, -0.2) is 4.79 Å². The monoisotopic (exact) mass is 344 g/mol.